The zero-order valence-electron chi connectivity index (χ0n) is 18.1. The molecule has 8 heteroatoms. The van der Waals surface area contributed by atoms with Gasteiger partial charge in [-0.05, 0) is 30.5 Å². The van der Waals surface area contributed by atoms with Crippen molar-refractivity contribution in [3.63, 3.8) is 0 Å². The second kappa shape index (κ2) is 14.8. The molecule has 2 N–H and O–H groups in total. The first-order valence-electron chi connectivity index (χ1n) is 11.0. The predicted octanol–water partition coefficient (Wildman–Crippen LogP) is 3.66. The minimum atomic E-state index is -1.24. The number of hydrogen-bond donors (Lipinski definition) is 2. The Balaban J connectivity index is 1.38. The molecule has 1 aromatic carbocycles. The number of rotatable bonds is 16. The number of carboxylic acid groups (broad SMARTS) is 1. The molecule has 0 aliphatic heterocycles. The monoisotopic (exact) mass is 438 g/mol. The summed E-state index contributed by atoms with van der Waals surface area (Å²) in [4.78, 5) is 22.9. The molecule has 1 aliphatic rings. The minimum Gasteiger partial charge on any atom is -0.508 e. The molecule has 1 fully saturated rings. The summed E-state index contributed by atoms with van der Waals surface area (Å²) in [5.41, 5.74) is -0.215. The van der Waals surface area contributed by atoms with E-state index in [1.807, 2.05) is 0 Å². The second-order valence-electron chi connectivity index (χ2n) is 7.69. The number of aromatic carboxylic acids is 1. The van der Waals surface area contributed by atoms with E-state index in [0.717, 1.165) is 37.1 Å². The Morgan fingerprint density at radius 3 is 2.03 bits per heavy atom. The van der Waals surface area contributed by atoms with Crippen molar-refractivity contribution in [1.82, 2.24) is 0 Å². The van der Waals surface area contributed by atoms with Gasteiger partial charge in [0.25, 0.3) is 0 Å². The number of ether oxygens (including phenoxy) is 4. The molecule has 1 aromatic rings. The lowest BCUT2D eigenvalue weighted by Crippen LogP contribution is -2.14. The highest BCUT2D eigenvalue weighted by Gasteiger charge is 2.14. The average Bonchev–Trinajstić information content (AvgIpc) is 3.26. The summed E-state index contributed by atoms with van der Waals surface area (Å²) in [6, 6.07) is 3.36. The molecule has 0 spiro atoms. The number of carbonyl (C=O) groups excluding carboxylic acids is 1. The van der Waals surface area contributed by atoms with E-state index in [4.69, 9.17) is 24.1 Å². The van der Waals surface area contributed by atoms with Crippen molar-refractivity contribution in [2.24, 2.45) is 5.92 Å². The lowest BCUT2D eigenvalue weighted by Gasteiger charge is -2.09. The summed E-state index contributed by atoms with van der Waals surface area (Å²) < 4.78 is 21.3. The van der Waals surface area contributed by atoms with Gasteiger partial charge in [0.15, 0.2) is 0 Å². The summed E-state index contributed by atoms with van der Waals surface area (Å²) in [5, 5.41) is 18.4. The van der Waals surface area contributed by atoms with Gasteiger partial charge in [0.1, 0.15) is 12.4 Å². The van der Waals surface area contributed by atoms with Gasteiger partial charge in [-0.2, -0.15) is 0 Å². The van der Waals surface area contributed by atoms with Crippen LogP contribution >= 0.6 is 0 Å². The van der Waals surface area contributed by atoms with Gasteiger partial charge < -0.3 is 29.2 Å². The van der Waals surface area contributed by atoms with Crippen molar-refractivity contribution in [2.45, 2.75) is 44.9 Å². The topological polar surface area (TPSA) is 112 Å². The number of phenolic OH excluding ortho intramolecular Hbond substituents is 1. The fraction of sp³-hybridized carbons (Fsp3) is 0.652. The molecule has 0 saturated heterocycles. The smallest absolute Gasteiger partial charge is 0.338 e. The van der Waals surface area contributed by atoms with E-state index in [-0.39, 0.29) is 30.1 Å². The Labute approximate surface area is 183 Å². The van der Waals surface area contributed by atoms with Gasteiger partial charge in [-0.1, -0.05) is 38.5 Å². The number of benzene rings is 1. The minimum absolute atomic E-state index is 0.0147. The lowest BCUT2D eigenvalue weighted by atomic mass is 10.0. The Morgan fingerprint density at radius 2 is 1.39 bits per heavy atom. The van der Waals surface area contributed by atoms with Crippen molar-refractivity contribution >= 4 is 11.9 Å². The van der Waals surface area contributed by atoms with E-state index in [9.17, 15) is 14.7 Å². The SMILES string of the molecule is O=C(O)c1cc(O)cc(C(=O)OCCOCCOCCOCCCCC2CCCC2)c1. The Kier molecular flexibility index (Phi) is 12.0. The molecule has 31 heavy (non-hydrogen) atoms. The van der Waals surface area contributed by atoms with Gasteiger partial charge in [-0.3, -0.25) is 0 Å². The van der Waals surface area contributed by atoms with Crippen molar-refractivity contribution in [1.29, 1.82) is 0 Å². The molecule has 1 aliphatic carbocycles. The first kappa shape index (κ1) is 25.1. The van der Waals surface area contributed by atoms with E-state index in [1.54, 1.807) is 0 Å². The molecule has 0 radical (unpaired) electrons. The Hall–Kier alpha value is -2.16. The van der Waals surface area contributed by atoms with Crippen LogP contribution in [0.4, 0.5) is 0 Å². The summed E-state index contributed by atoms with van der Waals surface area (Å²) in [7, 11) is 0. The van der Waals surface area contributed by atoms with Crippen LogP contribution < -0.4 is 0 Å². The molecule has 0 atom stereocenters. The third-order valence-corrected chi connectivity index (χ3v) is 5.23. The molecular formula is C23H34O8. The van der Waals surface area contributed by atoms with E-state index in [2.05, 4.69) is 0 Å². The molecule has 1 saturated carbocycles. The summed E-state index contributed by atoms with van der Waals surface area (Å²) in [6.45, 7) is 2.87. The number of aromatic hydroxyl groups is 1. The number of carboxylic acids is 1. The molecule has 0 bridgehead atoms. The number of carbonyl (C=O) groups is 2. The third kappa shape index (κ3) is 10.6. The summed E-state index contributed by atoms with van der Waals surface area (Å²) in [5.74, 6) is -1.33. The lowest BCUT2D eigenvalue weighted by molar-refractivity contribution is 0.000125. The van der Waals surface area contributed by atoms with Crippen LogP contribution in [0, 0.1) is 5.92 Å². The maximum atomic E-state index is 11.9. The predicted molar refractivity (Wildman–Crippen MR) is 114 cm³/mol. The average molecular weight is 439 g/mol. The van der Waals surface area contributed by atoms with Gasteiger partial charge in [-0.15, -0.1) is 0 Å². The number of esters is 1. The maximum Gasteiger partial charge on any atom is 0.338 e. The van der Waals surface area contributed by atoms with Gasteiger partial charge in [0.2, 0.25) is 0 Å². The third-order valence-electron chi connectivity index (χ3n) is 5.23. The molecule has 0 amide bonds. The first-order chi connectivity index (χ1) is 15.1. The maximum absolute atomic E-state index is 11.9. The van der Waals surface area contributed by atoms with Crippen LogP contribution in [0.3, 0.4) is 0 Å². The van der Waals surface area contributed by atoms with Crippen molar-refractivity contribution in [2.75, 3.05) is 46.2 Å². The van der Waals surface area contributed by atoms with Crippen LogP contribution in [0.2, 0.25) is 0 Å². The second-order valence-corrected chi connectivity index (χ2v) is 7.69. The molecule has 8 nitrogen and oxygen atoms in total. The van der Waals surface area contributed by atoms with E-state index < -0.39 is 11.9 Å². The van der Waals surface area contributed by atoms with Gasteiger partial charge >= 0.3 is 11.9 Å². The molecule has 0 aromatic heterocycles. The highest BCUT2D eigenvalue weighted by molar-refractivity contribution is 5.95. The molecule has 174 valence electrons. The Bertz CT molecular complexity index is 670. The highest BCUT2D eigenvalue weighted by atomic mass is 16.6. The quantitative estimate of drug-likeness (QED) is 0.297. The summed E-state index contributed by atoms with van der Waals surface area (Å²) >= 11 is 0. The van der Waals surface area contributed by atoms with E-state index >= 15 is 0 Å². The normalized spacial score (nSPS) is 14.1. The highest BCUT2D eigenvalue weighted by Crippen LogP contribution is 2.28. The van der Waals surface area contributed by atoms with Crippen LogP contribution in [0.5, 0.6) is 5.75 Å². The molecule has 0 heterocycles. The van der Waals surface area contributed by atoms with Crippen LogP contribution in [0.1, 0.15) is 65.7 Å². The van der Waals surface area contributed by atoms with Crippen molar-refractivity contribution < 1.29 is 38.7 Å². The van der Waals surface area contributed by atoms with Crippen LogP contribution in [0.25, 0.3) is 0 Å². The van der Waals surface area contributed by atoms with Crippen LogP contribution in [-0.4, -0.2) is 68.4 Å². The summed E-state index contributed by atoms with van der Waals surface area (Å²) in [6.07, 6.45) is 9.32. The molecular weight excluding hydrogens is 404 g/mol. The fourth-order valence-electron chi connectivity index (χ4n) is 3.61. The van der Waals surface area contributed by atoms with Crippen LogP contribution in [0.15, 0.2) is 18.2 Å². The standard InChI is InChI=1S/C23H34O8/c24-21-16-19(22(25)26)15-20(17-21)23(27)31-14-13-30-12-11-29-10-9-28-8-4-3-7-18-5-1-2-6-18/h15-18,24H,1-14H2,(H,25,26). The van der Waals surface area contributed by atoms with E-state index in [1.165, 1.54) is 38.5 Å². The Morgan fingerprint density at radius 1 is 0.806 bits per heavy atom. The fourth-order valence-corrected chi connectivity index (χ4v) is 3.61. The van der Waals surface area contributed by atoms with E-state index in [0.29, 0.717) is 26.4 Å². The number of unbranched alkanes of at least 4 members (excludes halogenated alkanes) is 1. The first-order valence-corrected chi connectivity index (χ1v) is 11.0. The zero-order chi connectivity index (χ0) is 22.3. The molecule has 0 unspecified atom stereocenters. The zero-order valence-corrected chi connectivity index (χ0v) is 18.1. The van der Waals surface area contributed by atoms with Gasteiger partial charge in [0, 0.05) is 6.61 Å². The largest absolute Gasteiger partial charge is 0.508 e. The van der Waals surface area contributed by atoms with Gasteiger partial charge in [-0.25, -0.2) is 9.59 Å². The number of phenols is 1. The van der Waals surface area contributed by atoms with Crippen molar-refractivity contribution in [3.8, 4) is 5.75 Å². The molecule has 2 rings (SSSR count). The van der Waals surface area contributed by atoms with Crippen molar-refractivity contribution in [3.05, 3.63) is 29.3 Å². The number of hydrogen-bond acceptors (Lipinski definition) is 7. The van der Waals surface area contributed by atoms with Gasteiger partial charge in [0.05, 0.1) is 44.2 Å². The van der Waals surface area contributed by atoms with Crippen LogP contribution in [-0.2, 0) is 18.9 Å².